The van der Waals surface area contributed by atoms with E-state index in [9.17, 15) is 4.39 Å². The van der Waals surface area contributed by atoms with Gasteiger partial charge in [-0.05, 0) is 56.0 Å². The van der Waals surface area contributed by atoms with Gasteiger partial charge in [0.15, 0.2) is 0 Å². The van der Waals surface area contributed by atoms with Crippen molar-refractivity contribution in [3.05, 3.63) is 34.1 Å². The number of hydrogen-bond donors (Lipinski definition) is 1. The molecule has 0 bridgehead atoms. The first kappa shape index (κ1) is 17.0. The van der Waals surface area contributed by atoms with Gasteiger partial charge in [0, 0.05) is 10.5 Å². The van der Waals surface area contributed by atoms with E-state index in [-0.39, 0.29) is 11.9 Å². The minimum absolute atomic E-state index is 0.198. The highest BCUT2D eigenvalue weighted by Gasteiger charge is 2.09. The molecule has 1 N–H and O–H groups in total. The maximum Gasteiger partial charge on any atom is 0.124 e. The van der Waals surface area contributed by atoms with E-state index in [0.29, 0.717) is 0 Å². The lowest BCUT2D eigenvalue weighted by Crippen LogP contribution is -2.20. The molecule has 19 heavy (non-hydrogen) atoms. The molecule has 0 fully saturated rings. The van der Waals surface area contributed by atoms with Crippen LogP contribution in [0.3, 0.4) is 0 Å². The summed E-state index contributed by atoms with van der Waals surface area (Å²) in [6.45, 7) is 3.13. The largest absolute Gasteiger partial charge is 0.310 e. The Kier molecular flexibility index (Phi) is 8.75. The van der Waals surface area contributed by atoms with E-state index < -0.39 is 0 Å². The summed E-state index contributed by atoms with van der Waals surface area (Å²) in [4.78, 5) is 0. The second-order valence-electron chi connectivity index (χ2n) is 4.75. The second-order valence-corrected chi connectivity index (χ2v) is 6.59. The summed E-state index contributed by atoms with van der Waals surface area (Å²) in [5, 5.41) is 3.49. The first-order chi connectivity index (χ1) is 9.15. The van der Waals surface area contributed by atoms with Crippen LogP contribution in [0.1, 0.15) is 44.2 Å². The van der Waals surface area contributed by atoms with Crippen LogP contribution in [-0.4, -0.2) is 18.6 Å². The number of benzene rings is 1. The normalized spacial score (nSPS) is 12.6. The highest BCUT2D eigenvalue weighted by molar-refractivity contribution is 9.10. The van der Waals surface area contributed by atoms with Crippen molar-refractivity contribution in [2.45, 2.75) is 38.6 Å². The molecule has 0 aliphatic heterocycles. The van der Waals surface area contributed by atoms with Crippen molar-refractivity contribution in [3.8, 4) is 0 Å². The molecule has 1 rings (SSSR count). The number of nitrogens with one attached hydrogen (secondary N) is 1. The lowest BCUT2D eigenvalue weighted by Gasteiger charge is -2.15. The van der Waals surface area contributed by atoms with Gasteiger partial charge in [-0.1, -0.05) is 34.8 Å². The van der Waals surface area contributed by atoms with Crippen LogP contribution in [0.5, 0.6) is 0 Å². The minimum Gasteiger partial charge on any atom is -0.310 e. The summed E-state index contributed by atoms with van der Waals surface area (Å²) < 4.78 is 13.9. The number of unbranched alkanes of at least 4 members (excludes halogenated alkanes) is 3. The van der Waals surface area contributed by atoms with Crippen molar-refractivity contribution < 1.29 is 4.39 Å². The smallest absolute Gasteiger partial charge is 0.124 e. The van der Waals surface area contributed by atoms with Crippen molar-refractivity contribution in [1.29, 1.82) is 0 Å². The monoisotopic (exact) mass is 347 g/mol. The van der Waals surface area contributed by atoms with E-state index in [1.165, 1.54) is 43.6 Å². The van der Waals surface area contributed by atoms with Gasteiger partial charge in [-0.25, -0.2) is 4.39 Å². The molecule has 1 aromatic carbocycles. The van der Waals surface area contributed by atoms with Crippen LogP contribution < -0.4 is 5.32 Å². The van der Waals surface area contributed by atoms with Gasteiger partial charge in [-0.2, -0.15) is 11.8 Å². The molecule has 0 radical (unpaired) electrons. The van der Waals surface area contributed by atoms with Crippen LogP contribution in [0.2, 0.25) is 0 Å². The van der Waals surface area contributed by atoms with E-state index >= 15 is 0 Å². The summed E-state index contributed by atoms with van der Waals surface area (Å²) in [6.07, 6.45) is 7.28. The lowest BCUT2D eigenvalue weighted by atomic mass is 10.1. The van der Waals surface area contributed by atoms with E-state index in [0.717, 1.165) is 16.6 Å². The standard InChI is InChI=1S/C15H23BrFNS/c1-12(14-8-7-13(17)11-15(14)16)18-9-5-3-4-6-10-19-2/h7-8,11-12,18H,3-6,9-10H2,1-2H3. The highest BCUT2D eigenvalue weighted by atomic mass is 79.9. The number of rotatable bonds is 9. The van der Waals surface area contributed by atoms with Crippen molar-refractivity contribution >= 4 is 27.7 Å². The fraction of sp³-hybridized carbons (Fsp3) is 0.600. The lowest BCUT2D eigenvalue weighted by molar-refractivity contribution is 0.534. The average Bonchev–Trinajstić information content (AvgIpc) is 2.37. The molecule has 0 saturated carbocycles. The fourth-order valence-electron chi connectivity index (χ4n) is 2.01. The van der Waals surface area contributed by atoms with Gasteiger partial charge >= 0.3 is 0 Å². The second kappa shape index (κ2) is 9.78. The van der Waals surface area contributed by atoms with Gasteiger partial charge in [0.2, 0.25) is 0 Å². The average molecular weight is 348 g/mol. The quantitative estimate of drug-likeness (QED) is 0.619. The molecular formula is C15H23BrFNS. The molecule has 0 aliphatic rings. The summed E-state index contributed by atoms with van der Waals surface area (Å²) >= 11 is 5.34. The SMILES string of the molecule is CSCCCCCCNC(C)c1ccc(F)cc1Br. The summed E-state index contributed by atoms with van der Waals surface area (Å²) in [7, 11) is 0. The Morgan fingerprint density at radius 3 is 2.68 bits per heavy atom. The minimum atomic E-state index is -0.198. The molecule has 0 saturated heterocycles. The molecule has 108 valence electrons. The Morgan fingerprint density at radius 1 is 1.26 bits per heavy atom. The molecule has 1 aromatic rings. The molecule has 1 nitrogen and oxygen atoms in total. The van der Waals surface area contributed by atoms with Crippen LogP contribution in [0, 0.1) is 5.82 Å². The van der Waals surface area contributed by atoms with Crippen LogP contribution in [-0.2, 0) is 0 Å². The Morgan fingerprint density at radius 2 is 2.00 bits per heavy atom. The molecule has 0 spiro atoms. The van der Waals surface area contributed by atoms with Gasteiger partial charge in [0.25, 0.3) is 0 Å². The predicted molar refractivity (Wildman–Crippen MR) is 87.4 cm³/mol. The van der Waals surface area contributed by atoms with Crippen LogP contribution in [0.15, 0.2) is 22.7 Å². The van der Waals surface area contributed by atoms with Crippen molar-refractivity contribution in [1.82, 2.24) is 5.32 Å². The number of hydrogen-bond acceptors (Lipinski definition) is 2. The van der Waals surface area contributed by atoms with Gasteiger partial charge in [-0.15, -0.1) is 0 Å². The van der Waals surface area contributed by atoms with E-state index in [1.807, 2.05) is 17.8 Å². The zero-order valence-electron chi connectivity index (χ0n) is 11.7. The predicted octanol–water partition coefficient (Wildman–Crippen LogP) is 5.16. The molecule has 0 amide bonds. The Labute approximate surface area is 128 Å². The Hall–Kier alpha value is -0.0600. The maximum absolute atomic E-state index is 13.0. The third-order valence-electron chi connectivity index (χ3n) is 3.15. The maximum atomic E-state index is 13.0. The fourth-order valence-corrected chi connectivity index (χ4v) is 3.19. The molecular weight excluding hydrogens is 325 g/mol. The van der Waals surface area contributed by atoms with Crippen molar-refractivity contribution in [3.63, 3.8) is 0 Å². The zero-order chi connectivity index (χ0) is 14.1. The van der Waals surface area contributed by atoms with Crippen LogP contribution >= 0.6 is 27.7 Å². The summed E-state index contributed by atoms with van der Waals surface area (Å²) in [6, 6.07) is 5.13. The van der Waals surface area contributed by atoms with Gasteiger partial charge in [0.1, 0.15) is 5.82 Å². The number of thioether (sulfide) groups is 1. The zero-order valence-corrected chi connectivity index (χ0v) is 14.1. The topological polar surface area (TPSA) is 12.0 Å². The molecule has 1 atom stereocenters. The van der Waals surface area contributed by atoms with Gasteiger partial charge in [-0.3, -0.25) is 0 Å². The van der Waals surface area contributed by atoms with Crippen LogP contribution in [0.4, 0.5) is 4.39 Å². The van der Waals surface area contributed by atoms with Gasteiger partial charge in [0.05, 0.1) is 0 Å². The third-order valence-corrected chi connectivity index (χ3v) is 4.54. The van der Waals surface area contributed by atoms with Crippen molar-refractivity contribution in [2.24, 2.45) is 0 Å². The van der Waals surface area contributed by atoms with E-state index in [4.69, 9.17) is 0 Å². The van der Waals surface area contributed by atoms with Crippen molar-refractivity contribution in [2.75, 3.05) is 18.6 Å². The Balaban J connectivity index is 2.22. The third kappa shape index (κ3) is 6.77. The molecule has 1 unspecified atom stereocenters. The van der Waals surface area contributed by atoms with E-state index in [2.05, 4.69) is 34.4 Å². The first-order valence-corrected chi connectivity index (χ1v) is 9.01. The molecule has 0 aliphatic carbocycles. The Bertz CT molecular complexity index is 373. The van der Waals surface area contributed by atoms with Gasteiger partial charge < -0.3 is 5.32 Å². The molecule has 0 aromatic heterocycles. The molecule has 4 heteroatoms. The van der Waals surface area contributed by atoms with E-state index in [1.54, 1.807) is 0 Å². The summed E-state index contributed by atoms with van der Waals surface area (Å²) in [5.41, 5.74) is 1.11. The van der Waals surface area contributed by atoms with Crippen LogP contribution in [0.25, 0.3) is 0 Å². The highest BCUT2D eigenvalue weighted by Crippen LogP contribution is 2.24. The summed E-state index contributed by atoms with van der Waals surface area (Å²) in [5.74, 6) is 1.07. The molecule has 0 heterocycles. The number of halogens is 2. The first-order valence-electron chi connectivity index (χ1n) is 6.82.